The first-order valence-electron chi connectivity index (χ1n) is 7.50. The van der Waals surface area contributed by atoms with Gasteiger partial charge in [0.2, 0.25) is 10.0 Å². The zero-order valence-electron chi connectivity index (χ0n) is 12.9. The topological polar surface area (TPSA) is 52.7 Å². The number of likely N-dealkylation sites (N-methyl/N-ethyl adjacent to an activating group) is 1. The van der Waals surface area contributed by atoms with E-state index in [1.165, 1.54) is 0 Å². The van der Waals surface area contributed by atoms with Gasteiger partial charge in [-0.1, -0.05) is 25.1 Å². The molecule has 0 saturated carbocycles. The fourth-order valence-corrected chi connectivity index (χ4v) is 3.60. The molecule has 1 heterocycles. The van der Waals surface area contributed by atoms with E-state index in [2.05, 4.69) is 27.6 Å². The first kappa shape index (κ1) is 16.3. The fourth-order valence-electron chi connectivity index (χ4n) is 2.54. The van der Waals surface area contributed by atoms with Gasteiger partial charge in [-0.2, -0.15) is 0 Å². The minimum Gasteiger partial charge on any atom is -0.369 e. The Morgan fingerprint density at radius 1 is 1.14 bits per heavy atom. The molecule has 0 aliphatic carbocycles. The van der Waals surface area contributed by atoms with Crippen LogP contribution >= 0.6 is 0 Å². The summed E-state index contributed by atoms with van der Waals surface area (Å²) in [5.41, 5.74) is 2.19. The lowest BCUT2D eigenvalue weighted by molar-refractivity contribution is 0.312. The molecule has 1 fully saturated rings. The van der Waals surface area contributed by atoms with Crippen LogP contribution in [0.15, 0.2) is 24.3 Å². The van der Waals surface area contributed by atoms with Crippen molar-refractivity contribution < 1.29 is 8.42 Å². The van der Waals surface area contributed by atoms with Gasteiger partial charge in [-0.15, -0.1) is 0 Å². The Morgan fingerprint density at radius 2 is 1.81 bits per heavy atom. The lowest BCUT2D eigenvalue weighted by atomic mass is 10.1. The molecule has 1 aromatic rings. The molecule has 1 aliphatic rings. The summed E-state index contributed by atoms with van der Waals surface area (Å²) in [5, 5.41) is 0. The maximum absolute atomic E-state index is 11.8. The Bertz CT molecular complexity index is 552. The third-order valence-electron chi connectivity index (χ3n) is 3.79. The molecule has 0 radical (unpaired) electrons. The normalized spacial score (nSPS) is 17.1. The number of benzene rings is 1. The highest BCUT2D eigenvalue weighted by molar-refractivity contribution is 7.89. The molecule has 118 valence electrons. The average Bonchev–Trinajstić information content (AvgIpc) is 2.46. The lowest BCUT2D eigenvalue weighted by Gasteiger charge is -2.35. The number of anilines is 1. The largest absolute Gasteiger partial charge is 0.369 e. The van der Waals surface area contributed by atoms with E-state index in [4.69, 9.17) is 0 Å². The highest BCUT2D eigenvalue weighted by Gasteiger charge is 2.17. The molecule has 0 atom stereocenters. The molecular weight excluding hydrogens is 286 g/mol. The van der Waals surface area contributed by atoms with Crippen molar-refractivity contribution in [1.29, 1.82) is 0 Å². The van der Waals surface area contributed by atoms with Crippen LogP contribution < -0.4 is 9.62 Å². The van der Waals surface area contributed by atoms with Gasteiger partial charge >= 0.3 is 0 Å². The van der Waals surface area contributed by atoms with Gasteiger partial charge in [0.1, 0.15) is 0 Å². The number of nitrogens with one attached hydrogen (secondary N) is 1. The van der Waals surface area contributed by atoms with E-state index in [0.717, 1.165) is 37.4 Å². The molecule has 0 aromatic heterocycles. The SMILES string of the molecule is CCCS(=O)(=O)NCc1ccccc1N1CCN(C)CC1. The molecular formula is C15H25N3O2S. The van der Waals surface area contributed by atoms with E-state index in [1.54, 1.807) is 0 Å². The second kappa shape index (κ2) is 7.24. The molecule has 1 aromatic carbocycles. The first-order chi connectivity index (χ1) is 10.0. The number of hydrogen-bond donors (Lipinski definition) is 1. The van der Waals surface area contributed by atoms with Gasteiger partial charge in [-0.05, 0) is 25.1 Å². The van der Waals surface area contributed by atoms with Crippen molar-refractivity contribution in [3.8, 4) is 0 Å². The molecule has 0 spiro atoms. The van der Waals surface area contributed by atoms with Crippen molar-refractivity contribution in [2.75, 3.05) is 43.9 Å². The zero-order chi connectivity index (χ0) is 15.3. The number of hydrogen-bond acceptors (Lipinski definition) is 4. The third-order valence-corrected chi connectivity index (χ3v) is 5.32. The molecule has 0 unspecified atom stereocenters. The molecule has 2 rings (SSSR count). The Balaban J connectivity index is 2.07. The van der Waals surface area contributed by atoms with E-state index in [-0.39, 0.29) is 5.75 Å². The standard InChI is InChI=1S/C15H25N3O2S/c1-3-12-21(19,20)16-13-14-6-4-5-7-15(14)18-10-8-17(2)9-11-18/h4-7,16H,3,8-13H2,1-2H3. The Morgan fingerprint density at radius 3 is 2.48 bits per heavy atom. The van der Waals surface area contributed by atoms with E-state index < -0.39 is 10.0 Å². The van der Waals surface area contributed by atoms with Gasteiger partial charge in [0.05, 0.1) is 5.75 Å². The van der Waals surface area contributed by atoms with Crippen LogP contribution in [0.3, 0.4) is 0 Å². The maximum Gasteiger partial charge on any atom is 0.211 e. The summed E-state index contributed by atoms with van der Waals surface area (Å²) < 4.78 is 26.3. The van der Waals surface area contributed by atoms with Crippen LogP contribution in [0.5, 0.6) is 0 Å². The molecule has 0 bridgehead atoms. The van der Waals surface area contributed by atoms with E-state index in [0.29, 0.717) is 13.0 Å². The Labute approximate surface area is 128 Å². The van der Waals surface area contributed by atoms with Crippen molar-refractivity contribution in [2.45, 2.75) is 19.9 Å². The van der Waals surface area contributed by atoms with Gasteiger partial charge in [0, 0.05) is 38.4 Å². The highest BCUT2D eigenvalue weighted by Crippen LogP contribution is 2.21. The van der Waals surface area contributed by atoms with Crippen LogP contribution in [0.2, 0.25) is 0 Å². The van der Waals surface area contributed by atoms with Crippen molar-refractivity contribution in [2.24, 2.45) is 0 Å². The van der Waals surface area contributed by atoms with Crippen LogP contribution in [0.4, 0.5) is 5.69 Å². The van der Waals surface area contributed by atoms with Crippen LogP contribution in [0.25, 0.3) is 0 Å². The second-order valence-electron chi connectivity index (χ2n) is 5.56. The average molecular weight is 311 g/mol. The van der Waals surface area contributed by atoms with Crippen LogP contribution in [-0.2, 0) is 16.6 Å². The summed E-state index contributed by atoms with van der Waals surface area (Å²) in [6.07, 6.45) is 0.634. The summed E-state index contributed by atoms with van der Waals surface area (Å²) >= 11 is 0. The second-order valence-corrected chi connectivity index (χ2v) is 7.49. The van der Waals surface area contributed by atoms with E-state index in [1.807, 2.05) is 25.1 Å². The molecule has 0 amide bonds. The summed E-state index contributed by atoms with van der Waals surface area (Å²) in [6, 6.07) is 8.05. The molecule has 6 heteroatoms. The predicted octanol–water partition coefficient (Wildman–Crippen LogP) is 1.27. The third kappa shape index (κ3) is 4.69. The fraction of sp³-hybridized carbons (Fsp3) is 0.600. The van der Waals surface area contributed by atoms with E-state index >= 15 is 0 Å². The zero-order valence-corrected chi connectivity index (χ0v) is 13.7. The summed E-state index contributed by atoms with van der Waals surface area (Å²) in [4.78, 5) is 4.65. The highest BCUT2D eigenvalue weighted by atomic mass is 32.2. The maximum atomic E-state index is 11.8. The molecule has 5 nitrogen and oxygen atoms in total. The summed E-state index contributed by atoms with van der Waals surface area (Å²) in [7, 11) is -1.04. The molecule has 21 heavy (non-hydrogen) atoms. The van der Waals surface area contributed by atoms with Crippen molar-refractivity contribution >= 4 is 15.7 Å². The smallest absolute Gasteiger partial charge is 0.211 e. The van der Waals surface area contributed by atoms with Crippen LogP contribution in [0.1, 0.15) is 18.9 Å². The lowest BCUT2D eigenvalue weighted by Crippen LogP contribution is -2.45. The van der Waals surface area contributed by atoms with Crippen LogP contribution in [-0.4, -0.2) is 52.3 Å². The number of piperazine rings is 1. The predicted molar refractivity (Wildman–Crippen MR) is 87.1 cm³/mol. The number of nitrogens with zero attached hydrogens (tertiary/aromatic N) is 2. The van der Waals surface area contributed by atoms with E-state index in [9.17, 15) is 8.42 Å². The number of para-hydroxylation sites is 1. The quantitative estimate of drug-likeness (QED) is 0.859. The van der Waals surface area contributed by atoms with Gasteiger partial charge in [-0.25, -0.2) is 13.1 Å². The molecule has 1 N–H and O–H groups in total. The van der Waals surface area contributed by atoms with Gasteiger partial charge in [0.25, 0.3) is 0 Å². The number of sulfonamides is 1. The first-order valence-corrected chi connectivity index (χ1v) is 9.16. The molecule has 1 saturated heterocycles. The summed E-state index contributed by atoms with van der Waals surface area (Å²) in [5.74, 6) is 0.184. The van der Waals surface area contributed by atoms with Crippen molar-refractivity contribution in [3.63, 3.8) is 0 Å². The van der Waals surface area contributed by atoms with Crippen molar-refractivity contribution in [3.05, 3.63) is 29.8 Å². The van der Waals surface area contributed by atoms with Crippen molar-refractivity contribution in [1.82, 2.24) is 9.62 Å². The Hall–Kier alpha value is -1.11. The minimum absolute atomic E-state index is 0.184. The molecule has 1 aliphatic heterocycles. The van der Waals surface area contributed by atoms with Crippen LogP contribution in [0, 0.1) is 0 Å². The minimum atomic E-state index is -3.16. The van der Waals surface area contributed by atoms with Gasteiger partial charge in [0.15, 0.2) is 0 Å². The monoisotopic (exact) mass is 311 g/mol. The Kier molecular flexibility index (Phi) is 5.61. The summed E-state index contributed by atoms with van der Waals surface area (Å²) in [6.45, 7) is 6.28. The number of rotatable bonds is 6. The van der Waals surface area contributed by atoms with Gasteiger partial charge < -0.3 is 9.80 Å². The van der Waals surface area contributed by atoms with Gasteiger partial charge in [-0.3, -0.25) is 0 Å².